The van der Waals surface area contributed by atoms with Gasteiger partial charge in [-0.15, -0.1) is 0 Å². The van der Waals surface area contributed by atoms with Gasteiger partial charge in [0.1, 0.15) is 0 Å². The average molecular weight is 264 g/mol. The number of hydrogen-bond donors (Lipinski definition) is 2. The highest BCUT2D eigenvalue weighted by atomic mass is 32.2. The summed E-state index contributed by atoms with van der Waals surface area (Å²) in [6, 6.07) is 0.654. The van der Waals surface area contributed by atoms with Gasteiger partial charge in [0.2, 0.25) is 10.0 Å². The highest BCUT2D eigenvalue weighted by molar-refractivity contribution is 7.88. The summed E-state index contributed by atoms with van der Waals surface area (Å²) in [4.78, 5) is 0. The quantitative estimate of drug-likeness (QED) is 0.626. The Kier molecular flexibility index (Phi) is 7.03. The number of nitrogens with one attached hydrogen (secondary N) is 2. The smallest absolute Gasteiger partial charge is 0.208 e. The second kappa shape index (κ2) is 8.02. The van der Waals surface area contributed by atoms with E-state index in [9.17, 15) is 8.42 Å². The van der Waals surface area contributed by atoms with E-state index >= 15 is 0 Å². The molecule has 1 fully saturated rings. The number of rotatable bonds is 8. The minimum Gasteiger partial charge on any atom is -0.379 e. The van der Waals surface area contributed by atoms with E-state index < -0.39 is 10.0 Å². The summed E-state index contributed by atoms with van der Waals surface area (Å²) in [5, 5.41) is 3.47. The fourth-order valence-corrected chi connectivity index (χ4v) is 2.50. The molecule has 0 radical (unpaired) electrons. The summed E-state index contributed by atoms with van der Waals surface area (Å²) in [6.07, 6.45) is 7.72. The van der Waals surface area contributed by atoms with Crippen LogP contribution in [0.5, 0.6) is 0 Å². The first-order valence-electron chi connectivity index (χ1n) is 6.34. The Morgan fingerprint density at radius 2 is 1.76 bits per heavy atom. The minimum absolute atomic E-state index is 0.349. The van der Waals surface area contributed by atoms with Gasteiger partial charge in [-0.05, 0) is 12.8 Å². The Bertz CT molecular complexity index is 287. The van der Waals surface area contributed by atoms with Crippen LogP contribution in [-0.4, -0.2) is 47.0 Å². The molecular weight excluding hydrogens is 240 g/mol. The van der Waals surface area contributed by atoms with Gasteiger partial charge >= 0.3 is 0 Å². The van der Waals surface area contributed by atoms with Crippen LogP contribution in [0.1, 0.15) is 32.1 Å². The monoisotopic (exact) mass is 264 g/mol. The van der Waals surface area contributed by atoms with Crippen molar-refractivity contribution in [3.63, 3.8) is 0 Å². The zero-order valence-electron chi connectivity index (χ0n) is 10.6. The summed E-state index contributed by atoms with van der Waals surface area (Å²) in [5.41, 5.74) is 0. The van der Waals surface area contributed by atoms with Crippen LogP contribution in [0.3, 0.4) is 0 Å². The van der Waals surface area contributed by atoms with E-state index in [1.54, 1.807) is 0 Å². The molecule has 1 saturated carbocycles. The first-order chi connectivity index (χ1) is 8.08. The molecule has 0 amide bonds. The van der Waals surface area contributed by atoms with Gasteiger partial charge in [-0.1, -0.05) is 19.3 Å². The second-order valence-corrected chi connectivity index (χ2v) is 6.40. The van der Waals surface area contributed by atoms with Crippen molar-refractivity contribution in [2.45, 2.75) is 38.1 Å². The van der Waals surface area contributed by atoms with E-state index in [0.717, 1.165) is 12.8 Å². The van der Waals surface area contributed by atoms with Crippen molar-refractivity contribution in [3.8, 4) is 0 Å². The molecule has 0 unspecified atom stereocenters. The second-order valence-electron chi connectivity index (χ2n) is 4.57. The van der Waals surface area contributed by atoms with Gasteiger partial charge in [0.15, 0.2) is 0 Å². The molecule has 6 heteroatoms. The van der Waals surface area contributed by atoms with Crippen LogP contribution in [-0.2, 0) is 14.8 Å². The lowest BCUT2D eigenvalue weighted by Crippen LogP contribution is -2.34. The number of sulfonamides is 1. The summed E-state index contributed by atoms with van der Waals surface area (Å²) in [7, 11) is -3.08. The van der Waals surface area contributed by atoms with E-state index in [2.05, 4.69) is 10.0 Å². The third-order valence-corrected chi connectivity index (χ3v) is 3.62. The summed E-state index contributed by atoms with van der Waals surface area (Å²) in [6.45, 7) is 2.27. The first kappa shape index (κ1) is 14.9. The molecule has 5 nitrogen and oxygen atoms in total. The van der Waals surface area contributed by atoms with E-state index in [1.807, 2.05) is 0 Å². The van der Waals surface area contributed by atoms with Crippen molar-refractivity contribution in [2.24, 2.45) is 0 Å². The minimum atomic E-state index is -3.08. The molecule has 0 bridgehead atoms. The summed E-state index contributed by atoms with van der Waals surface area (Å²) >= 11 is 0. The first-order valence-corrected chi connectivity index (χ1v) is 8.23. The van der Waals surface area contributed by atoms with Gasteiger partial charge in [0.25, 0.3) is 0 Å². The normalized spacial score (nSPS) is 18.4. The van der Waals surface area contributed by atoms with Gasteiger partial charge in [-0.3, -0.25) is 0 Å². The fraction of sp³-hybridized carbons (Fsp3) is 1.00. The molecule has 0 aromatic rings. The Morgan fingerprint density at radius 1 is 1.12 bits per heavy atom. The lowest BCUT2D eigenvalue weighted by Gasteiger charge is -2.22. The molecule has 2 N–H and O–H groups in total. The Hall–Kier alpha value is -0.170. The van der Waals surface area contributed by atoms with Gasteiger partial charge in [-0.2, -0.15) is 0 Å². The predicted molar refractivity (Wildman–Crippen MR) is 68.5 cm³/mol. The zero-order chi connectivity index (χ0) is 12.6. The zero-order valence-corrected chi connectivity index (χ0v) is 11.4. The molecule has 102 valence electrons. The Morgan fingerprint density at radius 3 is 2.41 bits per heavy atom. The van der Waals surface area contributed by atoms with Gasteiger partial charge < -0.3 is 10.1 Å². The van der Waals surface area contributed by atoms with Crippen LogP contribution in [0.2, 0.25) is 0 Å². The number of hydrogen-bond acceptors (Lipinski definition) is 4. The van der Waals surface area contributed by atoms with Crippen LogP contribution in [0.4, 0.5) is 0 Å². The van der Waals surface area contributed by atoms with Crippen LogP contribution in [0.25, 0.3) is 0 Å². The fourth-order valence-electron chi connectivity index (χ4n) is 2.04. The van der Waals surface area contributed by atoms with Gasteiger partial charge in [-0.25, -0.2) is 13.1 Å². The van der Waals surface area contributed by atoms with Crippen molar-refractivity contribution in [3.05, 3.63) is 0 Å². The molecule has 0 saturated heterocycles. The molecule has 1 aliphatic carbocycles. The molecule has 0 aromatic carbocycles. The van der Waals surface area contributed by atoms with Crippen molar-refractivity contribution in [1.29, 1.82) is 0 Å². The molecule has 1 rings (SSSR count). The van der Waals surface area contributed by atoms with Crippen LogP contribution < -0.4 is 10.0 Å². The molecule has 0 aromatic heterocycles. The van der Waals surface area contributed by atoms with Crippen molar-refractivity contribution < 1.29 is 13.2 Å². The van der Waals surface area contributed by atoms with E-state index in [4.69, 9.17) is 4.74 Å². The molecule has 0 spiro atoms. The lowest BCUT2D eigenvalue weighted by atomic mass is 9.96. The third kappa shape index (κ3) is 8.54. The van der Waals surface area contributed by atoms with E-state index in [1.165, 1.54) is 32.1 Å². The largest absolute Gasteiger partial charge is 0.379 e. The Labute approximate surface area is 104 Å². The highest BCUT2D eigenvalue weighted by Crippen LogP contribution is 2.16. The van der Waals surface area contributed by atoms with Gasteiger partial charge in [0.05, 0.1) is 19.5 Å². The predicted octanol–water partition coefficient (Wildman–Crippen LogP) is 0.475. The maximum Gasteiger partial charge on any atom is 0.208 e. The maximum absolute atomic E-state index is 10.7. The van der Waals surface area contributed by atoms with Crippen LogP contribution in [0.15, 0.2) is 0 Å². The molecule has 0 atom stereocenters. The molecular formula is C11H24N2O3S. The van der Waals surface area contributed by atoms with Gasteiger partial charge in [0, 0.05) is 19.1 Å². The van der Waals surface area contributed by atoms with Crippen LogP contribution in [0, 0.1) is 0 Å². The highest BCUT2D eigenvalue weighted by Gasteiger charge is 2.11. The van der Waals surface area contributed by atoms with E-state index in [-0.39, 0.29) is 0 Å². The topological polar surface area (TPSA) is 67.4 Å². The molecule has 0 heterocycles. The molecule has 17 heavy (non-hydrogen) atoms. The lowest BCUT2D eigenvalue weighted by molar-refractivity contribution is 0.137. The number of ether oxygens (including phenoxy) is 1. The Balaban J connectivity index is 1.87. The van der Waals surface area contributed by atoms with Crippen molar-refractivity contribution in [1.82, 2.24) is 10.0 Å². The molecule has 1 aliphatic rings. The van der Waals surface area contributed by atoms with Crippen molar-refractivity contribution >= 4 is 10.0 Å². The maximum atomic E-state index is 10.7. The summed E-state index contributed by atoms with van der Waals surface area (Å²) < 4.78 is 29.2. The van der Waals surface area contributed by atoms with E-state index in [0.29, 0.717) is 25.8 Å². The SMILES string of the molecule is CS(=O)(=O)NCCOCCNC1CCCCC1. The third-order valence-electron chi connectivity index (χ3n) is 2.90. The standard InChI is InChI=1S/C11H24N2O3S/c1-17(14,15)13-8-10-16-9-7-12-11-5-3-2-4-6-11/h11-13H,2-10H2,1H3. The average Bonchev–Trinajstić information content (AvgIpc) is 2.28. The van der Waals surface area contributed by atoms with Crippen molar-refractivity contribution in [2.75, 3.05) is 32.6 Å². The summed E-state index contributed by atoms with van der Waals surface area (Å²) in [5.74, 6) is 0. The molecule has 0 aliphatic heterocycles. The van der Waals surface area contributed by atoms with Crippen LogP contribution >= 0.6 is 0 Å².